The number of carbonyl (C=O) groups is 5. The largest absolute Gasteiger partial charge is 0.363 e. The highest BCUT2D eigenvalue weighted by molar-refractivity contribution is 6.36. The van der Waals surface area contributed by atoms with Gasteiger partial charge in [-0.3, -0.25) is 19.2 Å². The second-order valence-corrected chi connectivity index (χ2v) is 14.2. The summed E-state index contributed by atoms with van der Waals surface area (Å²) >= 11 is 0. The Labute approximate surface area is 221 Å². The molecule has 208 valence electrons. The Morgan fingerprint density at radius 1 is 1.03 bits per heavy atom. The second kappa shape index (κ2) is 10.0. The molecule has 1 aliphatic heterocycles. The standard InChI is InChI=1S/C28H46N4O5/c1-26(2,3)22(30-25(37)31-27(4,5)6)24(36)32-14-17-19(28(17,7)8)20(32)18(33)13-16(21(34)23(29)35)12-15-10-9-11-15/h15-17,19-20,22H,9-14H2,1-8H3,(H2,29,35)(H2,30,31,37)/t16-,17-,19-,20+,22+/m0/s1. The monoisotopic (exact) mass is 518 g/mol. The maximum absolute atomic E-state index is 13.9. The summed E-state index contributed by atoms with van der Waals surface area (Å²) in [6.45, 7) is 15.8. The summed E-state index contributed by atoms with van der Waals surface area (Å²) in [6, 6.07) is -1.97. The lowest BCUT2D eigenvalue weighted by Gasteiger charge is -2.38. The van der Waals surface area contributed by atoms with Gasteiger partial charge in [0.2, 0.25) is 11.7 Å². The highest BCUT2D eigenvalue weighted by Crippen LogP contribution is 2.65. The predicted molar refractivity (Wildman–Crippen MR) is 140 cm³/mol. The lowest BCUT2D eigenvalue weighted by atomic mass is 9.76. The van der Waals surface area contributed by atoms with E-state index >= 15 is 0 Å². The van der Waals surface area contributed by atoms with Gasteiger partial charge in [-0.05, 0) is 55.8 Å². The number of amides is 4. The smallest absolute Gasteiger partial charge is 0.315 e. The molecule has 1 heterocycles. The quantitative estimate of drug-likeness (QED) is 0.403. The van der Waals surface area contributed by atoms with Crippen LogP contribution in [0.3, 0.4) is 0 Å². The molecule has 9 heteroatoms. The normalized spacial score (nSPS) is 26.4. The van der Waals surface area contributed by atoms with Crippen LogP contribution in [-0.4, -0.2) is 58.5 Å². The maximum atomic E-state index is 13.9. The van der Waals surface area contributed by atoms with E-state index < -0.39 is 46.7 Å². The third-order valence-electron chi connectivity index (χ3n) is 8.60. The summed E-state index contributed by atoms with van der Waals surface area (Å²) in [4.78, 5) is 66.4. The summed E-state index contributed by atoms with van der Waals surface area (Å²) in [7, 11) is 0. The molecular weight excluding hydrogens is 472 g/mol. The van der Waals surface area contributed by atoms with E-state index in [-0.39, 0.29) is 35.4 Å². The first-order valence-electron chi connectivity index (χ1n) is 13.6. The fourth-order valence-corrected chi connectivity index (χ4v) is 6.18. The lowest BCUT2D eigenvalue weighted by molar-refractivity contribution is -0.144. The second-order valence-electron chi connectivity index (χ2n) is 14.2. The number of fused-ring (bicyclic) bond motifs is 1. The molecule has 2 saturated carbocycles. The molecule has 0 aromatic carbocycles. The minimum absolute atomic E-state index is 0.0130. The zero-order valence-corrected chi connectivity index (χ0v) is 23.8. The fraction of sp³-hybridized carbons (Fsp3) is 0.821. The van der Waals surface area contributed by atoms with Crippen LogP contribution in [0, 0.1) is 34.5 Å². The van der Waals surface area contributed by atoms with Crippen LogP contribution in [0.1, 0.15) is 87.5 Å². The summed E-state index contributed by atoms with van der Waals surface area (Å²) in [5.41, 5.74) is 4.15. The Balaban J connectivity index is 1.83. The lowest BCUT2D eigenvalue weighted by Crippen LogP contribution is -2.60. The summed E-state index contributed by atoms with van der Waals surface area (Å²) in [6.07, 6.45) is 3.44. The van der Waals surface area contributed by atoms with Gasteiger partial charge < -0.3 is 21.3 Å². The van der Waals surface area contributed by atoms with Crippen LogP contribution in [0.4, 0.5) is 4.79 Å². The van der Waals surface area contributed by atoms with Crippen LogP contribution < -0.4 is 16.4 Å². The molecular formula is C28H46N4O5. The summed E-state index contributed by atoms with van der Waals surface area (Å²) < 4.78 is 0. The first kappa shape index (κ1) is 29.1. The Morgan fingerprint density at radius 2 is 1.62 bits per heavy atom. The molecule has 1 saturated heterocycles. The number of hydrogen-bond acceptors (Lipinski definition) is 5. The van der Waals surface area contributed by atoms with Crippen molar-refractivity contribution in [3.8, 4) is 0 Å². The van der Waals surface area contributed by atoms with Crippen molar-refractivity contribution in [2.75, 3.05) is 6.54 Å². The zero-order chi connectivity index (χ0) is 28.1. The number of primary amides is 1. The van der Waals surface area contributed by atoms with Gasteiger partial charge in [0.15, 0.2) is 5.78 Å². The highest BCUT2D eigenvalue weighted by Gasteiger charge is 2.69. The number of rotatable bonds is 9. The van der Waals surface area contributed by atoms with E-state index in [9.17, 15) is 24.0 Å². The van der Waals surface area contributed by atoms with Gasteiger partial charge in [-0.1, -0.05) is 53.9 Å². The Kier molecular flexibility index (Phi) is 7.89. The molecule has 0 aromatic heterocycles. The molecule has 0 aromatic rings. The van der Waals surface area contributed by atoms with Crippen LogP contribution in [0.25, 0.3) is 0 Å². The van der Waals surface area contributed by atoms with E-state index in [4.69, 9.17) is 5.73 Å². The van der Waals surface area contributed by atoms with E-state index in [2.05, 4.69) is 24.5 Å². The molecule has 0 bridgehead atoms. The first-order chi connectivity index (χ1) is 16.8. The SMILES string of the molecule is CC(C)(C)NC(=O)N[C@H](C(=O)N1C[C@H]2[C@@H]([C@H]1C(=O)C[C@H](CC1CCC1)C(=O)C(N)=O)C2(C)C)C(C)(C)C. The third kappa shape index (κ3) is 6.34. The highest BCUT2D eigenvalue weighted by atomic mass is 16.2. The van der Waals surface area contributed by atoms with Crippen molar-refractivity contribution in [3.63, 3.8) is 0 Å². The van der Waals surface area contributed by atoms with Crippen LogP contribution in [0.2, 0.25) is 0 Å². The number of hydrogen-bond donors (Lipinski definition) is 3. The van der Waals surface area contributed by atoms with Crippen molar-refractivity contribution in [1.29, 1.82) is 0 Å². The van der Waals surface area contributed by atoms with Gasteiger partial charge in [0.1, 0.15) is 6.04 Å². The van der Waals surface area contributed by atoms with Crippen molar-refractivity contribution in [3.05, 3.63) is 0 Å². The number of ketones is 2. The van der Waals surface area contributed by atoms with Crippen molar-refractivity contribution in [2.24, 2.45) is 40.2 Å². The van der Waals surface area contributed by atoms with Gasteiger partial charge in [0.25, 0.3) is 5.91 Å². The molecule has 0 spiro atoms. The molecule has 4 N–H and O–H groups in total. The van der Waals surface area contributed by atoms with Crippen molar-refractivity contribution < 1.29 is 24.0 Å². The van der Waals surface area contributed by atoms with Gasteiger partial charge in [-0.25, -0.2) is 4.79 Å². The Hall–Kier alpha value is -2.45. The maximum Gasteiger partial charge on any atom is 0.315 e. The van der Waals surface area contributed by atoms with Crippen LogP contribution >= 0.6 is 0 Å². The predicted octanol–water partition coefficient (Wildman–Crippen LogP) is 2.80. The molecule has 0 unspecified atom stereocenters. The summed E-state index contributed by atoms with van der Waals surface area (Å²) in [5, 5.41) is 5.69. The van der Waals surface area contributed by atoms with E-state index in [0.29, 0.717) is 18.9 Å². The number of nitrogens with one attached hydrogen (secondary N) is 2. The molecule has 3 fully saturated rings. The molecule has 5 atom stereocenters. The van der Waals surface area contributed by atoms with Crippen molar-refractivity contribution in [2.45, 2.75) is 105 Å². The molecule has 0 radical (unpaired) electrons. The van der Waals surface area contributed by atoms with Crippen molar-refractivity contribution >= 4 is 29.4 Å². The number of Topliss-reactive ketones (excluding diaryl/α,β-unsaturated/α-hetero) is 2. The van der Waals surface area contributed by atoms with Crippen LogP contribution in [-0.2, 0) is 19.2 Å². The number of carbonyl (C=O) groups excluding carboxylic acids is 5. The minimum atomic E-state index is -1.01. The number of urea groups is 1. The number of nitrogens with zero attached hydrogens (tertiary/aromatic N) is 1. The van der Waals surface area contributed by atoms with Gasteiger partial charge in [0, 0.05) is 24.4 Å². The molecule has 3 rings (SSSR count). The fourth-order valence-electron chi connectivity index (χ4n) is 6.18. The van der Waals surface area contributed by atoms with Gasteiger partial charge in [-0.15, -0.1) is 0 Å². The average Bonchev–Trinajstić information content (AvgIpc) is 3.06. The van der Waals surface area contributed by atoms with E-state index in [1.54, 1.807) is 4.90 Å². The summed E-state index contributed by atoms with van der Waals surface area (Å²) in [5.74, 6) is -2.47. The van der Waals surface area contributed by atoms with Gasteiger partial charge in [0.05, 0.1) is 6.04 Å². The first-order valence-corrected chi connectivity index (χ1v) is 13.6. The Morgan fingerprint density at radius 3 is 2.08 bits per heavy atom. The molecule has 4 amide bonds. The van der Waals surface area contributed by atoms with Gasteiger partial charge in [-0.2, -0.15) is 0 Å². The van der Waals surface area contributed by atoms with Crippen LogP contribution in [0.15, 0.2) is 0 Å². The Bertz CT molecular complexity index is 957. The van der Waals surface area contributed by atoms with E-state index in [1.807, 2.05) is 41.5 Å². The average molecular weight is 519 g/mol. The molecule has 3 aliphatic rings. The minimum Gasteiger partial charge on any atom is -0.363 e. The number of likely N-dealkylation sites (tertiary alicyclic amines) is 1. The van der Waals surface area contributed by atoms with Crippen molar-refractivity contribution in [1.82, 2.24) is 15.5 Å². The molecule has 37 heavy (non-hydrogen) atoms. The number of nitrogens with two attached hydrogens (primary N) is 1. The van der Waals surface area contributed by atoms with E-state index in [0.717, 1.165) is 19.3 Å². The number of piperidine rings is 1. The van der Waals surface area contributed by atoms with Gasteiger partial charge >= 0.3 is 6.03 Å². The molecule has 9 nitrogen and oxygen atoms in total. The van der Waals surface area contributed by atoms with Crippen LogP contribution in [0.5, 0.6) is 0 Å². The third-order valence-corrected chi connectivity index (χ3v) is 8.60. The zero-order valence-electron chi connectivity index (χ0n) is 23.8. The topological polar surface area (TPSA) is 139 Å². The van der Waals surface area contributed by atoms with E-state index in [1.165, 1.54) is 0 Å². The molecule has 2 aliphatic carbocycles.